The van der Waals surface area contributed by atoms with Gasteiger partial charge in [-0.25, -0.2) is 0 Å². The smallest absolute Gasteiger partial charge is 0.303 e. The van der Waals surface area contributed by atoms with E-state index >= 15 is 0 Å². The molecular weight excluding hydrogens is 392 g/mol. The van der Waals surface area contributed by atoms with Crippen LogP contribution < -0.4 is 0 Å². The zero-order chi connectivity index (χ0) is 18.4. The molecule has 10 heteroatoms. The third-order valence-corrected chi connectivity index (χ3v) is 4.80. The van der Waals surface area contributed by atoms with Crippen LogP contribution in [0.25, 0.3) is 0 Å². The van der Waals surface area contributed by atoms with Crippen molar-refractivity contribution in [3.8, 4) is 0 Å². The molecule has 0 radical (unpaired) electrons. The summed E-state index contributed by atoms with van der Waals surface area (Å²) in [5, 5.41) is 26.5. The Morgan fingerprint density at radius 2 is 1.38 bits per heavy atom. The Morgan fingerprint density at radius 3 is 1.83 bits per heavy atom. The van der Waals surface area contributed by atoms with E-state index in [1.165, 1.54) is 6.92 Å². The lowest BCUT2D eigenvalue weighted by Gasteiger charge is -2.44. The van der Waals surface area contributed by atoms with E-state index in [2.05, 4.69) is 15.9 Å². The first-order valence-electron chi connectivity index (χ1n) is 7.20. The molecule has 24 heavy (non-hydrogen) atoms. The molecule has 0 aromatic carbocycles. The Kier molecular flexibility index (Phi) is 7.61. The first-order chi connectivity index (χ1) is 11.1. The number of hydrogen-bond acceptors (Lipinski definition) is 6. The molecular formula is C14H19BrO9. The normalized spacial score (nSPS) is 29.7. The Hall–Kier alpha value is -1.68. The summed E-state index contributed by atoms with van der Waals surface area (Å²) in [5.41, 5.74) is 0. The summed E-state index contributed by atoms with van der Waals surface area (Å²) in [6.07, 6.45) is -2.04. The summed E-state index contributed by atoms with van der Waals surface area (Å²) < 4.78 is 10.5. The largest absolute Gasteiger partial charge is 0.481 e. The quantitative estimate of drug-likeness (QED) is 0.392. The van der Waals surface area contributed by atoms with Crippen molar-refractivity contribution in [2.24, 2.45) is 17.8 Å². The zero-order valence-corrected chi connectivity index (χ0v) is 14.5. The van der Waals surface area contributed by atoms with Crippen molar-refractivity contribution in [1.82, 2.24) is 0 Å². The molecule has 1 heterocycles. The number of carbonyl (C=O) groups excluding carboxylic acids is 1. The van der Waals surface area contributed by atoms with Crippen molar-refractivity contribution in [1.29, 1.82) is 0 Å². The van der Waals surface area contributed by atoms with Gasteiger partial charge in [-0.05, 0) is 5.92 Å². The molecule has 0 unspecified atom stereocenters. The number of carboxylic acid groups (broad SMARTS) is 3. The van der Waals surface area contributed by atoms with Gasteiger partial charge in [0.25, 0.3) is 0 Å². The first kappa shape index (κ1) is 20.4. The third-order valence-electron chi connectivity index (χ3n) is 3.90. The number of aliphatic carboxylic acids is 3. The maximum atomic E-state index is 11.2. The molecule has 0 aromatic rings. The molecule has 0 bridgehead atoms. The average molecular weight is 411 g/mol. The third kappa shape index (κ3) is 6.08. The highest BCUT2D eigenvalue weighted by Gasteiger charge is 2.47. The van der Waals surface area contributed by atoms with Gasteiger partial charge in [-0.1, -0.05) is 15.9 Å². The van der Waals surface area contributed by atoms with E-state index in [0.717, 1.165) is 0 Å². The number of ether oxygens (including phenoxy) is 2. The molecule has 1 rings (SSSR count). The summed E-state index contributed by atoms with van der Waals surface area (Å²) >= 11 is 3.19. The van der Waals surface area contributed by atoms with E-state index in [1.807, 2.05) is 0 Å². The van der Waals surface area contributed by atoms with Crippen molar-refractivity contribution < 1.29 is 44.0 Å². The molecule has 0 aromatic heterocycles. The van der Waals surface area contributed by atoms with Crippen LogP contribution in [0.5, 0.6) is 0 Å². The molecule has 1 fully saturated rings. The summed E-state index contributed by atoms with van der Waals surface area (Å²) in [6.45, 7) is 0.952. The lowest BCUT2D eigenvalue weighted by Crippen LogP contribution is -2.49. The van der Waals surface area contributed by atoms with Crippen LogP contribution in [0.2, 0.25) is 0 Å². The Morgan fingerprint density at radius 1 is 0.917 bits per heavy atom. The van der Waals surface area contributed by atoms with Crippen LogP contribution in [-0.2, 0) is 28.7 Å². The van der Waals surface area contributed by atoms with Gasteiger partial charge in [0.15, 0.2) is 0 Å². The lowest BCUT2D eigenvalue weighted by molar-refractivity contribution is -0.171. The van der Waals surface area contributed by atoms with Gasteiger partial charge in [-0.15, -0.1) is 0 Å². The number of hydrogen-bond donors (Lipinski definition) is 3. The molecule has 0 saturated carbocycles. The Labute approximate surface area is 146 Å². The van der Waals surface area contributed by atoms with Crippen LogP contribution in [0, 0.1) is 17.8 Å². The van der Waals surface area contributed by atoms with Crippen LogP contribution >= 0.6 is 15.9 Å². The highest BCUT2D eigenvalue weighted by molar-refractivity contribution is 9.09. The SMILES string of the molecule is CC(=O)OC[C@@H]1O[C@H](Br)[C@H](CC(=O)O)[C@@H](CC(=O)O)[C@H]1CC(=O)O. The van der Waals surface area contributed by atoms with E-state index in [-0.39, 0.29) is 13.0 Å². The summed E-state index contributed by atoms with van der Waals surface area (Å²) in [7, 11) is 0. The maximum absolute atomic E-state index is 11.2. The number of alkyl halides is 1. The minimum atomic E-state index is -1.17. The molecule has 1 saturated heterocycles. The van der Waals surface area contributed by atoms with Crippen molar-refractivity contribution >= 4 is 39.8 Å². The molecule has 136 valence electrons. The number of rotatable bonds is 8. The minimum absolute atomic E-state index is 0.231. The highest BCUT2D eigenvalue weighted by Crippen LogP contribution is 2.43. The zero-order valence-electron chi connectivity index (χ0n) is 12.9. The van der Waals surface area contributed by atoms with Crippen molar-refractivity contribution in [3.05, 3.63) is 0 Å². The summed E-state index contributed by atoms with van der Waals surface area (Å²) in [6, 6.07) is 0. The van der Waals surface area contributed by atoms with Gasteiger partial charge in [0.05, 0.1) is 18.9 Å². The van der Waals surface area contributed by atoms with Gasteiger partial charge in [0.2, 0.25) is 0 Å². The number of carbonyl (C=O) groups is 4. The maximum Gasteiger partial charge on any atom is 0.303 e. The molecule has 0 aliphatic carbocycles. The van der Waals surface area contributed by atoms with Gasteiger partial charge in [0, 0.05) is 25.2 Å². The van der Waals surface area contributed by atoms with Gasteiger partial charge >= 0.3 is 23.9 Å². The minimum Gasteiger partial charge on any atom is -0.481 e. The van der Waals surface area contributed by atoms with E-state index < -0.39 is 65.6 Å². The van der Waals surface area contributed by atoms with Gasteiger partial charge < -0.3 is 24.8 Å². The van der Waals surface area contributed by atoms with Crippen LogP contribution in [0.1, 0.15) is 26.2 Å². The van der Waals surface area contributed by atoms with Crippen molar-refractivity contribution in [3.63, 3.8) is 0 Å². The average Bonchev–Trinajstić information content (AvgIpc) is 2.42. The topological polar surface area (TPSA) is 147 Å². The first-order valence-corrected chi connectivity index (χ1v) is 8.11. The van der Waals surface area contributed by atoms with Crippen LogP contribution in [-0.4, -0.2) is 56.9 Å². The second-order valence-corrected chi connectivity index (χ2v) is 6.52. The van der Waals surface area contributed by atoms with Gasteiger partial charge in [-0.2, -0.15) is 0 Å². The number of carboxylic acids is 3. The molecule has 9 nitrogen and oxygen atoms in total. The number of esters is 1. The fraction of sp³-hybridized carbons (Fsp3) is 0.714. The van der Waals surface area contributed by atoms with Crippen molar-refractivity contribution in [2.75, 3.05) is 6.61 Å². The highest BCUT2D eigenvalue weighted by atomic mass is 79.9. The van der Waals surface area contributed by atoms with Crippen molar-refractivity contribution in [2.45, 2.75) is 37.3 Å². The van der Waals surface area contributed by atoms with E-state index in [9.17, 15) is 19.2 Å². The molecule has 1 aliphatic heterocycles. The summed E-state index contributed by atoms with van der Waals surface area (Å²) in [5.74, 6) is -6.34. The second kappa shape index (κ2) is 8.97. The van der Waals surface area contributed by atoms with Crippen LogP contribution in [0.4, 0.5) is 0 Å². The predicted molar refractivity (Wildman–Crippen MR) is 81.4 cm³/mol. The van der Waals surface area contributed by atoms with Crippen LogP contribution in [0.15, 0.2) is 0 Å². The van der Waals surface area contributed by atoms with Gasteiger partial charge in [0.1, 0.15) is 11.6 Å². The molecule has 3 N–H and O–H groups in total. The lowest BCUT2D eigenvalue weighted by atomic mass is 9.72. The van der Waals surface area contributed by atoms with E-state index in [0.29, 0.717) is 0 Å². The fourth-order valence-electron chi connectivity index (χ4n) is 2.95. The Bertz CT molecular complexity index is 506. The van der Waals surface area contributed by atoms with E-state index in [1.54, 1.807) is 0 Å². The molecule has 1 aliphatic rings. The second-order valence-electron chi connectivity index (χ2n) is 5.61. The Balaban J connectivity index is 3.11. The fourth-order valence-corrected chi connectivity index (χ4v) is 3.81. The number of halogens is 1. The molecule has 0 spiro atoms. The molecule has 0 amide bonds. The standard InChI is InChI=1S/C14H19BrO9/c1-6(16)23-5-10-8(3-12(19)20)7(2-11(17)18)9(4-13(21)22)14(15)24-10/h7-10,14H,2-5H2,1H3,(H,17,18)(H,19,20)(H,21,22)/t7-,8+,9+,10-,14-/m0/s1. The summed E-state index contributed by atoms with van der Waals surface area (Å²) in [4.78, 5) is 44.4. The molecule has 5 atom stereocenters. The van der Waals surface area contributed by atoms with Crippen LogP contribution in [0.3, 0.4) is 0 Å². The predicted octanol–water partition coefficient (Wildman–Crippen LogP) is 0.942. The monoisotopic (exact) mass is 410 g/mol. The van der Waals surface area contributed by atoms with E-state index in [4.69, 9.17) is 24.8 Å². The van der Waals surface area contributed by atoms with Gasteiger partial charge in [-0.3, -0.25) is 19.2 Å².